The molecule has 2 aromatic carbocycles. The van der Waals surface area contributed by atoms with Crippen LogP contribution in [-0.4, -0.2) is 16.8 Å². The van der Waals surface area contributed by atoms with Gasteiger partial charge in [0.25, 0.3) is 9.05 Å². The fourth-order valence-corrected chi connectivity index (χ4v) is 5.17. The summed E-state index contributed by atoms with van der Waals surface area (Å²) in [6.45, 7) is 3.33. The summed E-state index contributed by atoms with van der Waals surface area (Å²) in [5.74, 6) is -0.872. The summed E-state index contributed by atoms with van der Waals surface area (Å²) in [7, 11) is -4.39. The number of alkyl halides is 3. The van der Waals surface area contributed by atoms with Crippen LogP contribution in [0.15, 0.2) is 64.9 Å². The van der Waals surface area contributed by atoms with Gasteiger partial charge in [-0.3, -0.25) is 0 Å². The Hall–Kier alpha value is -1.91. The van der Waals surface area contributed by atoms with Crippen molar-refractivity contribution < 1.29 is 34.4 Å². The number of halogens is 5. The van der Waals surface area contributed by atoms with E-state index in [-0.39, 0.29) is 5.56 Å². The van der Waals surface area contributed by atoms with Crippen molar-refractivity contribution in [3.63, 3.8) is 0 Å². The standard InChI is InChI=1S/C16H11ClF4O4S2/c1-2-14(11-5-3-4-6-13(11)18)26(22,23)10-7-8-12(16(19,20)21)15(9-10)27(17,24)25/h2-9,14H,1H2. The van der Waals surface area contributed by atoms with Gasteiger partial charge in [-0.2, -0.15) is 13.2 Å². The second-order valence-electron chi connectivity index (χ2n) is 5.32. The molecular formula is C16H11ClF4O4S2. The van der Waals surface area contributed by atoms with E-state index in [0.717, 1.165) is 12.1 Å². The van der Waals surface area contributed by atoms with Crippen LogP contribution in [0.3, 0.4) is 0 Å². The Kier molecular flexibility index (Phi) is 5.74. The Morgan fingerprint density at radius 1 is 1.04 bits per heavy atom. The number of hydrogen-bond acceptors (Lipinski definition) is 4. The van der Waals surface area contributed by atoms with Crippen molar-refractivity contribution in [2.45, 2.75) is 21.2 Å². The SMILES string of the molecule is C=CC(c1ccccc1F)S(=O)(=O)c1ccc(C(F)(F)F)c(S(=O)(=O)Cl)c1. The minimum Gasteiger partial charge on any atom is -0.223 e. The van der Waals surface area contributed by atoms with Crippen molar-refractivity contribution in [2.24, 2.45) is 0 Å². The van der Waals surface area contributed by atoms with E-state index in [2.05, 4.69) is 6.58 Å². The van der Waals surface area contributed by atoms with Gasteiger partial charge in [0, 0.05) is 16.2 Å². The number of benzene rings is 2. The second-order valence-corrected chi connectivity index (χ2v) is 9.92. The van der Waals surface area contributed by atoms with Gasteiger partial charge in [-0.1, -0.05) is 24.3 Å². The maximum atomic E-state index is 14.0. The van der Waals surface area contributed by atoms with Crippen LogP contribution in [0, 0.1) is 5.82 Å². The van der Waals surface area contributed by atoms with Crippen LogP contribution in [0.2, 0.25) is 0 Å². The highest BCUT2D eigenvalue weighted by Gasteiger charge is 2.38. The summed E-state index contributed by atoms with van der Waals surface area (Å²) >= 11 is 0. The number of rotatable bonds is 5. The largest absolute Gasteiger partial charge is 0.417 e. The molecule has 2 aromatic rings. The number of hydrogen-bond donors (Lipinski definition) is 0. The minimum atomic E-state index is -5.08. The van der Waals surface area contributed by atoms with Crippen molar-refractivity contribution in [3.05, 3.63) is 72.1 Å². The van der Waals surface area contributed by atoms with Gasteiger partial charge in [0.2, 0.25) is 0 Å². The topological polar surface area (TPSA) is 68.3 Å². The van der Waals surface area contributed by atoms with E-state index >= 15 is 0 Å². The first-order valence-corrected chi connectivity index (χ1v) is 10.9. The summed E-state index contributed by atoms with van der Waals surface area (Å²) in [5.41, 5.74) is -1.90. The van der Waals surface area contributed by atoms with Crippen molar-refractivity contribution in [3.8, 4) is 0 Å². The van der Waals surface area contributed by atoms with Gasteiger partial charge in [-0.15, -0.1) is 6.58 Å². The molecular weight excluding hydrogens is 432 g/mol. The van der Waals surface area contributed by atoms with Crippen LogP contribution in [-0.2, 0) is 25.1 Å². The molecule has 0 radical (unpaired) electrons. The third kappa shape index (κ3) is 4.33. The smallest absolute Gasteiger partial charge is 0.223 e. The lowest BCUT2D eigenvalue weighted by Crippen LogP contribution is -2.16. The maximum absolute atomic E-state index is 14.0. The highest BCUT2D eigenvalue weighted by Crippen LogP contribution is 2.39. The van der Waals surface area contributed by atoms with E-state index in [0.29, 0.717) is 18.2 Å². The zero-order valence-electron chi connectivity index (χ0n) is 13.2. The molecule has 0 N–H and O–H groups in total. The summed E-state index contributed by atoms with van der Waals surface area (Å²) in [6.07, 6.45) is -4.19. The first-order valence-electron chi connectivity index (χ1n) is 7.07. The monoisotopic (exact) mass is 442 g/mol. The predicted molar refractivity (Wildman–Crippen MR) is 91.0 cm³/mol. The van der Waals surface area contributed by atoms with Gasteiger partial charge in [-0.25, -0.2) is 21.2 Å². The zero-order valence-corrected chi connectivity index (χ0v) is 15.6. The molecule has 4 nitrogen and oxygen atoms in total. The molecule has 0 fully saturated rings. The number of sulfone groups is 1. The van der Waals surface area contributed by atoms with Crippen LogP contribution in [0.4, 0.5) is 17.6 Å². The van der Waals surface area contributed by atoms with Gasteiger partial charge >= 0.3 is 6.18 Å². The van der Waals surface area contributed by atoms with Crippen molar-refractivity contribution >= 4 is 29.6 Å². The van der Waals surface area contributed by atoms with Crippen molar-refractivity contribution in [2.75, 3.05) is 0 Å². The highest BCUT2D eigenvalue weighted by atomic mass is 35.7. The molecule has 0 amide bonds. The fourth-order valence-electron chi connectivity index (χ4n) is 2.39. The molecule has 0 aliphatic heterocycles. The van der Waals surface area contributed by atoms with E-state index in [4.69, 9.17) is 10.7 Å². The van der Waals surface area contributed by atoms with Gasteiger partial charge in [-0.05, 0) is 24.3 Å². The molecule has 0 bridgehead atoms. The molecule has 0 saturated carbocycles. The predicted octanol–water partition coefficient (Wildman–Crippen LogP) is 4.47. The third-order valence-electron chi connectivity index (χ3n) is 3.61. The summed E-state index contributed by atoms with van der Waals surface area (Å²) in [4.78, 5) is -2.18. The third-order valence-corrected chi connectivity index (χ3v) is 7.00. The molecule has 0 saturated heterocycles. The quantitative estimate of drug-likeness (QED) is 0.389. The van der Waals surface area contributed by atoms with Crippen LogP contribution < -0.4 is 0 Å². The highest BCUT2D eigenvalue weighted by molar-refractivity contribution is 8.13. The average Bonchev–Trinajstić information content (AvgIpc) is 2.55. The Bertz CT molecular complexity index is 1090. The lowest BCUT2D eigenvalue weighted by Gasteiger charge is -2.17. The zero-order chi connectivity index (χ0) is 20.6. The molecule has 11 heteroatoms. The van der Waals surface area contributed by atoms with E-state index in [9.17, 15) is 34.4 Å². The van der Waals surface area contributed by atoms with E-state index in [1.165, 1.54) is 18.2 Å². The lowest BCUT2D eigenvalue weighted by molar-refractivity contribution is -0.139. The van der Waals surface area contributed by atoms with Gasteiger partial charge in [0.1, 0.15) is 11.1 Å². The lowest BCUT2D eigenvalue weighted by atomic mass is 10.1. The first-order chi connectivity index (χ1) is 12.3. The average molecular weight is 443 g/mol. The van der Waals surface area contributed by atoms with Crippen LogP contribution in [0.1, 0.15) is 16.4 Å². The molecule has 0 aromatic heterocycles. The van der Waals surface area contributed by atoms with Crippen LogP contribution in [0.25, 0.3) is 0 Å². The maximum Gasteiger partial charge on any atom is 0.417 e. The molecule has 27 heavy (non-hydrogen) atoms. The Labute approximate surface area is 157 Å². The van der Waals surface area contributed by atoms with Crippen LogP contribution in [0.5, 0.6) is 0 Å². The Morgan fingerprint density at radius 2 is 1.63 bits per heavy atom. The fraction of sp³-hybridized carbons (Fsp3) is 0.125. The molecule has 0 spiro atoms. The van der Waals surface area contributed by atoms with E-state index < -0.39 is 51.5 Å². The van der Waals surface area contributed by atoms with E-state index in [1.54, 1.807) is 0 Å². The van der Waals surface area contributed by atoms with Gasteiger partial charge in [0.15, 0.2) is 9.84 Å². The summed E-state index contributed by atoms with van der Waals surface area (Å²) in [5, 5.41) is -1.65. The first kappa shape index (κ1) is 21.4. The summed E-state index contributed by atoms with van der Waals surface area (Å²) < 4.78 is 102. The molecule has 0 aliphatic rings. The van der Waals surface area contributed by atoms with Gasteiger partial charge < -0.3 is 0 Å². The molecule has 1 atom stereocenters. The van der Waals surface area contributed by atoms with Crippen LogP contribution >= 0.6 is 10.7 Å². The van der Waals surface area contributed by atoms with E-state index in [1.807, 2.05) is 0 Å². The molecule has 2 rings (SSSR count). The van der Waals surface area contributed by atoms with Crippen molar-refractivity contribution in [1.82, 2.24) is 0 Å². The molecule has 146 valence electrons. The van der Waals surface area contributed by atoms with Gasteiger partial charge in [0.05, 0.1) is 15.4 Å². The normalized spacial score (nSPS) is 14.0. The Morgan fingerprint density at radius 3 is 2.11 bits per heavy atom. The molecule has 0 heterocycles. The molecule has 1 unspecified atom stereocenters. The molecule has 0 aliphatic carbocycles. The van der Waals surface area contributed by atoms with Crippen molar-refractivity contribution in [1.29, 1.82) is 0 Å². The Balaban J connectivity index is 2.73. The second kappa shape index (κ2) is 7.25. The minimum absolute atomic E-state index is 0.289. The summed E-state index contributed by atoms with van der Waals surface area (Å²) in [6, 6.07) is 6.04.